The molecule has 0 bridgehead atoms. The lowest BCUT2D eigenvalue weighted by Gasteiger charge is -2.07. The number of rotatable bonds is 4. The Bertz CT molecular complexity index is 528. The Balaban J connectivity index is 2.13. The summed E-state index contributed by atoms with van der Waals surface area (Å²) in [5.74, 6) is 0. The minimum atomic E-state index is -0.342. The van der Waals surface area contributed by atoms with Gasteiger partial charge in [0.05, 0.1) is 6.10 Å². The van der Waals surface area contributed by atoms with Crippen molar-refractivity contribution in [2.75, 3.05) is 0 Å². The highest BCUT2D eigenvalue weighted by atomic mass is 16.3. The third-order valence-electron chi connectivity index (χ3n) is 3.48. The van der Waals surface area contributed by atoms with Crippen LogP contribution >= 0.6 is 0 Å². The second-order valence-electron chi connectivity index (χ2n) is 4.96. The predicted octanol–water partition coefficient (Wildman–Crippen LogP) is 3.60. The molecule has 1 aromatic heterocycles. The molecule has 0 spiro atoms. The molecule has 0 saturated carbocycles. The summed E-state index contributed by atoms with van der Waals surface area (Å²) in [5.41, 5.74) is 4.95. The molecular formula is C16H21NO. The molecular weight excluding hydrogens is 222 g/mol. The van der Waals surface area contributed by atoms with Gasteiger partial charge in [-0.3, -0.25) is 0 Å². The van der Waals surface area contributed by atoms with Crippen LogP contribution in [-0.4, -0.2) is 9.67 Å². The van der Waals surface area contributed by atoms with Crippen molar-refractivity contribution in [3.8, 4) is 0 Å². The summed E-state index contributed by atoms with van der Waals surface area (Å²) in [6.45, 7) is 7.12. The number of aliphatic hydroxyl groups is 1. The van der Waals surface area contributed by atoms with E-state index in [9.17, 15) is 5.11 Å². The number of benzene rings is 1. The standard InChI is InChI=1S/C16H21NO/c1-4-16(18)15-7-8-17(11-15)10-14-6-5-12(2)13(3)9-14/h5-9,11,16,18H,4,10H2,1-3H3. The lowest BCUT2D eigenvalue weighted by molar-refractivity contribution is 0.173. The molecule has 1 N–H and O–H groups in total. The van der Waals surface area contributed by atoms with E-state index in [2.05, 4.69) is 36.6 Å². The van der Waals surface area contributed by atoms with Crippen molar-refractivity contribution in [3.63, 3.8) is 0 Å². The van der Waals surface area contributed by atoms with Crippen LogP contribution in [-0.2, 0) is 6.54 Å². The second kappa shape index (κ2) is 5.40. The molecule has 0 aliphatic rings. The van der Waals surface area contributed by atoms with E-state index >= 15 is 0 Å². The van der Waals surface area contributed by atoms with Gasteiger partial charge in [0.2, 0.25) is 0 Å². The molecule has 0 amide bonds. The Morgan fingerprint density at radius 3 is 2.61 bits per heavy atom. The average molecular weight is 243 g/mol. The first-order chi connectivity index (χ1) is 8.60. The smallest absolute Gasteiger partial charge is 0.0802 e. The molecule has 2 rings (SSSR count). The van der Waals surface area contributed by atoms with Gasteiger partial charge in [0.25, 0.3) is 0 Å². The van der Waals surface area contributed by atoms with Crippen molar-refractivity contribution < 1.29 is 5.11 Å². The van der Waals surface area contributed by atoms with Crippen molar-refractivity contribution in [2.45, 2.75) is 39.8 Å². The minimum absolute atomic E-state index is 0.342. The molecule has 1 aromatic carbocycles. The van der Waals surface area contributed by atoms with Crippen molar-refractivity contribution in [3.05, 3.63) is 58.9 Å². The van der Waals surface area contributed by atoms with Gasteiger partial charge >= 0.3 is 0 Å². The van der Waals surface area contributed by atoms with Gasteiger partial charge in [-0.2, -0.15) is 0 Å². The van der Waals surface area contributed by atoms with Crippen molar-refractivity contribution in [1.82, 2.24) is 4.57 Å². The zero-order valence-corrected chi connectivity index (χ0v) is 11.4. The molecule has 0 fully saturated rings. The average Bonchev–Trinajstić information content (AvgIpc) is 2.81. The predicted molar refractivity (Wildman–Crippen MR) is 74.7 cm³/mol. The highest BCUT2D eigenvalue weighted by Crippen LogP contribution is 2.17. The maximum atomic E-state index is 9.78. The van der Waals surface area contributed by atoms with E-state index in [-0.39, 0.29) is 6.10 Å². The van der Waals surface area contributed by atoms with E-state index in [0.717, 1.165) is 18.5 Å². The third-order valence-corrected chi connectivity index (χ3v) is 3.48. The van der Waals surface area contributed by atoms with Crippen LogP contribution in [0.1, 0.15) is 41.7 Å². The molecule has 1 unspecified atom stereocenters. The Morgan fingerprint density at radius 2 is 1.94 bits per heavy atom. The lowest BCUT2D eigenvalue weighted by atomic mass is 10.1. The highest BCUT2D eigenvalue weighted by molar-refractivity contribution is 5.30. The van der Waals surface area contributed by atoms with Crippen LogP contribution < -0.4 is 0 Å². The van der Waals surface area contributed by atoms with Crippen LogP contribution in [0.4, 0.5) is 0 Å². The monoisotopic (exact) mass is 243 g/mol. The van der Waals surface area contributed by atoms with Gasteiger partial charge in [-0.25, -0.2) is 0 Å². The second-order valence-corrected chi connectivity index (χ2v) is 4.96. The fraction of sp³-hybridized carbons (Fsp3) is 0.375. The molecule has 18 heavy (non-hydrogen) atoms. The fourth-order valence-electron chi connectivity index (χ4n) is 2.10. The SMILES string of the molecule is CCC(O)c1ccn(Cc2ccc(C)c(C)c2)c1. The van der Waals surface area contributed by atoms with E-state index in [4.69, 9.17) is 0 Å². The maximum absolute atomic E-state index is 9.78. The lowest BCUT2D eigenvalue weighted by Crippen LogP contribution is -1.98. The number of aromatic nitrogens is 1. The molecule has 0 aliphatic heterocycles. The largest absolute Gasteiger partial charge is 0.388 e. The first-order valence-corrected chi connectivity index (χ1v) is 6.50. The van der Waals surface area contributed by atoms with E-state index in [1.165, 1.54) is 16.7 Å². The summed E-state index contributed by atoms with van der Waals surface area (Å²) in [5, 5.41) is 9.78. The summed E-state index contributed by atoms with van der Waals surface area (Å²) in [4.78, 5) is 0. The minimum Gasteiger partial charge on any atom is -0.388 e. The van der Waals surface area contributed by atoms with Crippen molar-refractivity contribution in [1.29, 1.82) is 0 Å². The summed E-state index contributed by atoms with van der Waals surface area (Å²) in [6.07, 6.45) is 4.48. The number of aryl methyl sites for hydroxylation is 2. The van der Waals surface area contributed by atoms with Gasteiger partial charge < -0.3 is 9.67 Å². The quantitative estimate of drug-likeness (QED) is 0.872. The van der Waals surface area contributed by atoms with Crippen LogP contribution in [0.5, 0.6) is 0 Å². The molecule has 0 radical (unpaired) electrons. The highest BCUT2D eigenvalue weighted by Gasteiger charge is 2.06. The summed E-state index contributed by atoms with van der Waals surface area (Å²) < 4.78 is 2.12. The Labute approximate surface area is 109 Å². The molecule has 96 valence electrons. The molecule has 2 aromatic rings. The first kappa shape index (κ1) is 12.9. The summed E-state index contributed by atoms with van der Waals surface area (Å²) in [7, 11) is 0. The maximum Gasteiger partial charge on any atom is 0.0802 e. The van der Waals surface area contributed by atoms with Crippen LogP contribution in [0.3, 0.4) is 0 Å². The van der Waals surface area contributed by atoms with Crippen LogP contribution in [0.15, 0.2) is 36.7 Å². The number of hydrogen-bond acceptors (Lipinski definition) is 1. The fourth-order valence-corrected chi connectivity index (χ4v) is 2.10. The molecule has 1 heterocycles. The van der Waals surface area contributed by atoms with E-state index < -0.39 is 0 Å². The summed E-state index contributed by atoms with van der Waals surface area (Å²) in [6, 6.07) is 8.55. The Kier molecular flexibility index (Phi) is 3.87. The van der Waals surface area contributed by atoms with Gasteiger partial charge in [0.15, 0.2) is 0 Å². The van der Waals surface area contributed by atoms with E-state index in [1.54, 1.807) is 0 Å². The molecule has 2 nitrogen and oxygen atoms in total. The van der Waals surface area contributed by atoms with E-state index in [1.807, 2.05) is 25.4 Å². The Hall–Kier alpha value is -1.54. The van der Waals surface area contributed by atoms with Crippen molar-refractivity contribution >= 4 is 0 Å². The number of hydrogen-bond donors (Lipinski definition) is 1. The van der Waals surface area contributed by atoms with Gasteiger partial charge in [-0.15, -0.1) is 0 Å². The molecule has 0 saturated heterocycles. The number of nitrogens with zero attached hydrogens (tertiary/aromatic N) is 1. The normalized spacial score (nSPS) is 12.7. The summed E-state index contributed by atoms with van der Waals surface area (Å²) >= 11 is 0. The van der Waals surface area contributed by atoms with Gasteiger partial charge in [-0.05, 0) is 48.6 Å². The zero-order chi connectivity index (χ0) is 13.1. The Morgan fingerprint density at radius 1 is 1.17 bits per heavy atom. The molecule has 2 heteroatoms. The van der Waals surface area contributed by atoms with Crippen LogP contribution in [0.2, 0.25) is 0 Å². The van der Waals surface area contributed by atoms with Crippen LogP contribution in [0.25, 0.3) is 0 Å². The van der Waals surface area contributed by atoms with Crippen molar-refractivity contribution in [2.24, 2.45) is 0 Å². The molecule has 1 atom stereocenters. The zero-order valence-electron chi connectivity index (χ0n) is 11.4. The third kappa shape index (κ3) is 2.82. The molecule has 0 aliphatic carbocycles. The van der Waals surface area contributed by atoms with E-state index in [0.29, 0.717) is 0 Å². The van der Waals surface area contributed by atoms with Gasteiger partial charge in [-0.1, -0.05) is 25.1 Å². The first-order valence-electron chi connectivity index (χ1n) is 6.50. The number of aliphatic hydroxyl groups excluding tert-OH is 1. The van der Waals surface area contributed by atoms with Crippen LogP contribution in [0, 0.1) is 13.8 Å². The van der Waals surface area contributed by atoms with Gasteiger partial charge in [0, 0.05) is 18.9 Å². The van der Waals surface area contributed by atoms with Gasteiger partial charge in [0.1, 0.15) is 0 Å². The topological polar surface area (TPSA) is 25.2 Å².